The zero-order chi connectivity index (χ0) is 19.8. The van der Waals surface area contributed by atoms with Crippen molar-refractivity contribution in [3.8, 4) is 22.8 Å². The number of anilines is 1. The number of hydrogen-bond acceptors (Lipinski definition) is 6. The van der Waals surface area contributed by atoms with Gasteiger partial charge in [0.05, 0.1) is 10.2 Å². The van der Waals surface area contributed by atoms with E-state index in [9.17, 15) is 0 Å². The first-order valence-electron chi connectivity index (χ1n) is 8.62. The maximum absolute atomic E-state index is 6.05. The highest BCUT2D eigenvalue weighted by atomic mass is 79.9. The molecule has 6 nitrogen and oxygen atoms in total. The van der Waals surface area contributed by atoms with E-state index in [1.165, 1.54) is 0 Å². The Balaban J connectivity index is 1.63. The summed E-state index contributed by atoms with van der Waals surface area (Å²) in [5, 5.41) is 10.2. The van der Waals surface area contributed by atoms with Crippen LogP contribution in [0.15, 0.2) is 71.5 Å². The zero-order valence-corrected chi connectivity index (χ0v) is 17.9. The lowest BCUT2D eigenvalue weighted by atomic mass is 10.2. The lowest BCUT2D eigenvalue weighted by molar-refractivity contribution is 0.965. The molecule has 0 spiro atoms. The highest BCUT2D eigenvalue weighted by Crippen LogP contribution is 2.31. The zero-order valence-electron chi connectivity index (χ0n) is 14.8. The molecule has 5 rings (SSSR count). The molecule has 29 heavy (non-hydrogen) atoms. The van der Waals surface area contributed by atoms with Gasteiger partial charge in [-0.1, -0.05) is 38.9 Å². The van der Waals surface area contributed by atoms with Gasteiger partial charge in [-0.25, -0.2) is 9.66 Å². The molecular weight excluding hydrogens is 472 g/mol. The second-order valence-electron chi connectivity index (χ2n) is 6.17. The second kappa shape index (κ2) is 7.55. The van der Waals surface area contributed by atoms with Gasteiger partial charge in [-0.3, -0.25) is 10.4 Å². The molecule has 0 bridgehead atoms. The summed E-state index contributed by atoms with van der Waals surface area (Å²) in [6.07, 6.45) is 3.48. The summed E-state index contributed by atoms with van der Waals surface area (Å²) in [6, 6.07) is 17.3. The van der Waals surface area contributed by atoms with E-state index in [0.29, 0.717) is 16.7 Å². The number of aromatic nitrogens is 5. The van der Waals surface area contributed by atoms with Crippen LogP contribution in [0, 0.1) is 0 Å². The third-order valence-electron chi connectivity index (χ3n) is 4.24. The van der Waals surface area contributed by atoms with Gasteiger partial charge >= 0.3 is 0 Å². The summed E-state index contributed by atoms with van der Waals surface area (Å²) in [6.45, 7) is 0. The van der Waals surface area contributed by atoms with Crippen LogP contribution < -0.4 is 5.43 Å². The van der Waals surface area contributed by atoms with Gasteiger partial charge in [-0.15, -0.1) is 10.2 Å². The van der Waals surface area contributed by atoms with Gasteiger partial charge in [0.1, 0.15) is 0 Å². The minimum atomic E-state index is 0.642. The third kappa shape index (κ3) is 3.62. The van der Waals surface area contributed by atoms with Crippen molar-refractivity contribution < 1.29 is 0 Å². The van der Waals surface area contributed by atoms with Gasteiger partial charge in [-0.05, 0) is 54.6 Å². The molecule has 0 aliphatic rings. The van der Waals surface area contributed by atoms with Gasteiger partial charge in [0.25, 0.3) is 0 Å². The van der Waals surface area contributed by atoms with Crippen LogP contribution in [-0.2, 0) is 0 Å². The second-order valence-corrected chi connectivity index (χ2v) is 8.56. The number of nitrogens with zero attached hydrogens (tertiary/aromatic N) is 5. The molecule has 0 saturated heterocycles. The van der Waals surface area contributed by atoms with Crippen LogP contribution in [0.2, 0.25) is 5.02 Å². The molecule has 0 aliphatic carbocycles. The van der Waals surface area contributed by atoms with E-state index in [0.717, 1.165) is 30.9 Å². The van der Waals surface area contributed by atoms with Gasteiger partial charge < -0.3 is 0 Å². The highest BCUT2D eigenvalue weighted by molar-refractivity contribution is 9.10. The van der Waals surface area contributed by atoms with Crippen molar-refractivity contribution in [2.24, 2.45) is 0 Å². The summed E-state index contributed by atoms with van der Waals surface area (Å²) in [5.74, 6) is 1.30. The molecule has 0 aliphatic heterocycles. The molecule has 9 heteroatoms. The van der Waals surface area contributed by atoms with E-state index in [1.54, 1.807) is 23.7 Å². The summed E-state index contributed by atoms with van der Waals surface area (Å²) in [5.41, 5.74) is 6.01. The van der Waals surface area contributed by atoms with Crippen molar-refractivity contribution in [3.63, 3.8) is 0 Å². The van der Waals surface area contributed by atoms with Crippen LogP contribution in [-0.4, -0.2) is 24.8 Å². The normalized spacial score (nSPS) is 11.1. The Kier molecular flexibility index (Phi) is 4.75. The molecular formula is C20H12BrClN6S. The molecule has 3 aromatic heterocycles. The van der Waals surface area contributed by atoms with Crippen LogP contribution in [0.5, 0.6) is 0 Å². The first kappa shape index (κ1) is 18.2. The van der Waals surface area contributed by atoms with Crippen molar-refractivity contribution in [3.05, 3.63) is 76.5 Å². The molecule has 0 saturated carbocycles. The fourth-order valence-corrected chi connectivity index (χ4v) is 4.43. The highest BCUT2D eigenvalue weighted by Gasteiger charge is 2.17. The first-order chi connectivity index (χ1) is 14.2. The van der Waals surface area contributed by atoms with Gasteiger partial charge in [0.15, 0.2) is 11.6 Å². The fourth-order valence-electron chi connectivity index (χ4n) is 2.90. The van der Waals surface area contributed by atoms with Crippen LogP contribution in [0.25, 0.3) is 33.0 Å². The number of rotatable bonds is 4. The summed E-state index contributed by atoms with van der Waals surface area (Å²) >= 11 is 11.1. The number of thiazole rings is 1. The minimum Gasteiger partial charge on any atom is -0.265 e. The summed E-state index contributed by atoms with van der Waals surface area (Å²) in [7, 11) is 0. The monoisotopic (exact) mass is 482 g/mol. The van der Waals surface area contributed by atoms with Gasteiger partial charge in [-0.2, -0.15) is 0 Å². The lowest BCUT2D eigenvalue weighted by Crippen LogP contribution is -2.12. The predicted molar refractivity (Wildman–Crippen MR) is 120 cm³/mol. The minimum absolute atomic E-state index is 0.642. The first-order valence-corrected chi connectivity index (χ1v) is 10.6. The topological polar surface area (TPSA) is 68.5 Å². The van der Waals surface area contributed by atoms with E-state index in [-0.39, 0.29) is 0 Å². The smallest absolute Gasteiger partial charge is 0.203 e. The van der Waals surface area contributed by atoms with Crippen LogP contribution in [0.1, 0.15) is 0 Å². The maximum atomic E-state index is 6.05. The Morgan fingerprint density at radius 3 is 2.52 bits per heavy atom. The number of nitrogens with one attached hydrogen (secondary N) is 1. The van der Waals surface area contributed by atoms with E-state index in [1.807, 2.05) is 59.3 Å². The van der Waals surface area contributed by atoms with E-state index in [4.69, 9.17) is 11.6 Å². The van der Waals surface area contributed by atoms with Crippen molar-refractivity contribution in [2.45, 2.75) is 0 Å². The standard InChI is InChI=1S/C20H12BrClN6S/c21-14-5-8-16-17(10-14)29-20(24-16)27-28-18(12-3-6-15(22)7-4-12)25-26-19(28)13-2-1-9-23-11-13/h1-11H,(H,24,27). The lowest BCUT2D eigenvalue weighted by Gasteiger charge is -2.11. The number of benzene rings is 2. The summed E-state index contributed by atoms with van der Waals surface area (Å²) in [4.78, 5) is 8.89. The van der Waals surface area contributed by atoms with Crippen molar-refractivity contribution in [2.75, 3.05) is 5.43 Å². The fraction of sp³-hybridized carbons (Fsp3) is 0. The average molecular weight is 484 g/mol. The van der Waals surface area contributed by atoms with Gasteiger partial charge in [0, 0.05) is 33.0 Å². The van der Waals surface area contributed by atoms with Crippen LogP contribution >= 0.6 is 38.9 Å². The SMILES string of the molecule is Clc1ccc(-c2nnc(-c3cccnc3)n2Nc2nc3ccc(Br)cc3s2)cc1. The Bertz CT molecular complexity index is 1300. The Labute approximate surface area is 183 Å². The Hall–Kier alpha value is -2.81. The number of fused-ring (bicyclic) bond motifs is 1. The third-order valence-corrected chi connectivity index (χ3v) is 5.91. The molecule has 2 aromatic carbocycles. The molecule has 3 heterocycles. The number of hydrogen-bond donors (Lipinski definition) is 1. The van der Waals surface area contributed by atoms with Crippen LogP contribution in [0.4, 0.5) is 5.13 Å². The molecule has 142 valence electrons. The van der Waals surface area contributed by atoms with Crippen molar-refractivity contribution in [1.29, 1.82) is 0 Å². The molecule has 0 radical (unpaired) electrons. The molecule has 0 fully saturated rings. The van der Waals surface area contributed by atoms with E-state index < -0.39 is 0 Å². The maximum Gasteiger partial charge on any atom is 0.203 e. The van der Waals surface area contributed by atoms with Gasteiger partial charge in [0.2, 0.25) is 5.13 Å². The Morgan fingerprint density at radius 1 is 0.966 bits per heavy atom. The quantitative estimate of drug-likeness (QED) is 0.344. The predicted octanol–water partition coefficient (Wildman–Crippen LogP) is 5.91. The largest absolute Gasteiger partial charge is 0.265 e. The van der Waals surface area contributed by atoms with Crippen LogP contribution in [0.3, 0.4) is 0 Å². The number of halogens is 2. The molecule has 5 aromatic rings. The number of pyridine rings is 1. The molecule has 0 unspecified atom stereocenters. The molecule has 1 N–H and O–H groups in total. The van der Waals surface area contributed by atoms with Crippen molar-refractivity contribution >= 4 is 54.2 Å². The molecule has 0 atom stereocenters. The van der Waals surface area contributed by atoms with Crippen molar-refractivity contribution in [1.82, 2.24) is 24.8 Å². The Morgan fingerprint density at radius 2 is 1.76 bits per heavy atom. The summed E-state index contributed by atoms with van der Waals surface area (Å²) < 4.78 is 3.92. The van der Waals surface area contributed by atoms with E-state index >= 15 is 0 Å². The van der Waals surface area contributed by atoms with E-state index in [2.05, 4.69) is 41.5 Å². The molecule has 0 amide bonds. The average Bonchev–Trinajstić information content (AvgIpc) is 3.33.